The number of thioether (sulfide) groups is 1. The number of imidazole rings is 1. The van der Waals surface area contributed by atoms with Crippen LogP contribution < -0.4 is 4.90 Å². The molecule has 0 aliphatic heterocycles. The minimum Gasteiger partial charge on any atom is -0.316 e. The van der Waals surface area contributed by atoms with Crippen molar-refractivity contribution >= 4 is 22.8 Å². The van der Waals surface area contributed by atoms with Gasteiger partial charge in [-0.25, -0.2) is 4.98 Å². The van der Waals surface area contributed by atoms with E-state index in [1.807, 2.05) is 6.07 Å². The Morgan fingerprint density at radius 2 is 1.76 bits per heavy atom. The summed E-state index contributed by atoms with van der Waals surface area (Å²) in [5.74, 6) is 0. The van der Waals surface area contributed by atoms with Crippen LogP contribution in [0.15, 0.2) is 59.8 Å². The number of nitrogens with one attached hydrogen (secondary N) is 1. The molecule has 1 N–H and O–H groups in total. The third kappa shape index (κ3) is 3.12. The predicted molar refractivity (Wildman–Crippen MR) is 88.5 cm³/mol. The van der Waals surface area contributed by atoms with E-state index in [2.05, 4.69) is 66.4 Å². The molecule has 0 saturated carbocycles. The lowest BCUT2D eigenvalue weighted by molar-refractivity contribution is -0.917. The summed E-state index contributed by atoms with van der Waals surface area (Å²) in [6.07, 6.45) is 2.09. The normalized spacial score (nSPS) is 12.7. The molecule has 0 amide bonds. The standard InChI is InChI=1S/C17H19N3S/c1-19(12-14-8-4-3-5-9-14)13-20-16-11-7-6-10-15(16)18-17(20)21-2/h3-11H,12-13H2,1-2H3/p+1. The van der Waals surface area contributed by atoms with Gasteiger partial charge in [-0.05, 0) is 18.4 Å². The van der Waals surface area contributed by atoms with Crippen LogP contribution in [0.1, 0.15) is 5.56 Å². The second-order valence-electron chi connectivity index (χ2n) is 5.29. The zero-order chi connectivity index (χ0) is 14.7. The van der Waals surface area contributed by atoms with Crippen LogP contribution in [-0.4, -0.2) is 22.9 Å². The minimum atomic E-state index is 0.922. The van der Waals surface area contributed by atoms with Gasteiger partial charge in [-0.3, -0.25) is 4.57 Å². The van der Waals surface area contributed by atoms with Gasteiger partial charge in [0.15, 0.2) is 11.8 Å². The Hall–Kier alpha value is -1.78. The molecular weight excluding hydrogens is 278 g/mol. The number of hydrogen-bond donors (Lipinski definition) is 1. The predicted octanol–water partition coefficient (Wildman–Crippen LogP) is 2.43. The Kier molecular flexibility index (Phi) is 4.27. The lowest BCUT2D eigenvalue weighted by atomic mass is 10.2. The van der Waals surface area contributed by atoms with Crippen molar-refractivity contribution in [3.63, 3.8) is 0 Å². The summed E-state index contributed by atoms with van der Waals surface area (Å²) in [5.41, 5.74) is 3.66. The SMILES string of the molecule is CSc1nc2ccccc2n1C[NH+](C)Cc1ccccc1. The minimum absolute atomic E-state index is 0.922. The molecule has 3 aromatic rings. The number of nitrogens with zero attached hydrogens (tertiary/aromatic N) is 2. The van der Waals surface area contributed by atoms with Crippen LogP contribution in [0.3, 0.4) is 0 Å². The number of rotatable bonds is 5. The summed E-state index contributed by atoms with van der Waals surface area (Å²) in [5, 5.41) is 1.09. The van der Waals surface area contributed by atoms with E-state index in [1.165, 1.54) is 16.0 Å². The maximum absolute atomic E-state index is 4.70. The molecule has 0 bridgehead atoms. The van der Waals surface area contributed by atoms with Crippen molar-refractivity contribution in [2.75, 3.05) is 13.3 Å². The molecule has 3 nitrogen and oxygen atoms in total. The Bertz CT molecular complexity index is 721. The second kappa shape index (κ2) is 6.33. The monoisotopic (exact) mass is 298 g/mol. The van der Waals surface area contributed by atoms with E-state index in [0.29, 0.717) is 0 Å². The zero-order valence-electron chi connectivity index (χ0n) is 12.4. The van der Waals surface area contributed by atoms with Gasteiger partial charge in [0.25, 0.3) is 0 Å². The van der Waals surface area contributed by atoms with Gasteiger partial charge in [0, 0.05) is 5.56 Å². The van der Waals surface area contributed by atoms with Gasteiger partial charge in [0.2, 0.25) is 0 Å². The summed E-state index contributed by atoms with van der Waals surface area (Å²) in [6, 6.07) is 19.0. The summed E-state index contributed by atoms with van der Waals surface area (Å²) in [4.78, 5) is 6.15. The van der Waals surface area contributed by atoms with E-state index in [-0.39, 0.29) is 0 Å². The van der Waals surface area contributed by atoms with E-state index in [9.17, 15) is 0 Å². The number of quaternary nitrogens is 1. The first-order valence-corrected chi connectivity index (χ1v) is 8.35. The second-order valence-corrected chi connectivity index (χ2v) is 6.07. The molecule has 1 atom stereocenters. The van der Waals surface area contributed by atoms with Gasteiger partial charge in [0.1, 0.15) is 6.54 Å². The van der Waals surface area contributed by atoms with E-state index in [1.54, 1.807) is 11.8 Å². The van der Waals surface area contributed by atoms with Crippen molar-refractivity contribution in [1.29, 1.82) is 0 Å². The Balaban J connectivity index is 1.84. The first kappa shape index (κ1) is 14.2. The maximum Gasteiger partial charge on any atom is 0.173 e. The first-order chi connectivity index (χ1) is 10.3. The molecule has 0 aliphatic rings. The van der Waals surface area contributed by atoms with Crippen LogP contribution in [0, 0.1) is 0 Å². The molecule has 1 unspecified atom stereocenters. The number of hydrogen-bond acceptors (Lipinski definition) is 2. The van der Waals surface area contributed by atoms with Gasteiger partial charge < -0.3 is 4.90 Å². The van der Waals surface area contributed by atoms with E-state index >= 15 is 0 Å². The average molecular weight is 298 g/mol. The van der Waals surface area contributed by atoms with Gasteiger partial charge in [0.05, 0.1) is 18.1 Å². The molecule has 0 spiro atoms. The van der Waals surface area contributed by atoms with E-state index in [0.717, 1.165) is 23.9 Å². The third-order valence-corrected chi connectivity index (χ3v) is 4.26. The maximum atomic E-state index is 4.70. The molecule has 2 aromatic carbocycles. The lowest BCUT2D eigenvalue weighted by Crippen LogP contribution is -3.06. The highest BCUT2D eigenvalue weighted by molar-refractivity contribution is 7.98. The third-order valence-electron chi connectivity index (χ3n) is 3.58. The van der Waals surface area contributed by atoms with Crippen molar-refractivity contribution in [3.8, 4) is 0 Å². The Labute approximate surface area is 129 Å². The number of aromatic nitrogens is 2. The summed E-state index contributed by atoms with van der Waals surface area (Å²) in [7, 11) is 2.23. The smallest absolute Gasteiger partial charge is 0.173 e. The van der Waals surface area contributed by atoms with Gasteiger partial charge in [-0.2, -0.15) is 0 Å². The molecule has 4 heteroatoms. The molecule has 1 aromatic heterocycles. The van der Waals surface area contributed by atoms with Crippen LogP contribution in [0.2, 0.25) is 0 Å². The van der Waals surface area contributed by atoms with Crippen molar-refractivity contribution in [3.05, 3.63) is 60.2 Å². The van der Waals surface area contributed by atoms with Crippen molar-refractivity contribution in [2.45, 2.75) is 18.4 Å². The summed E-state index contributed by atoms with van der Waals surface area (Å²) >= 11 is 1.71. The fourth-order valence-electron chi connectivity index (χ4n) is 2.63. The van der Waals surface area contributed by atoms with Gasteiger partial charge >= 0.3 is 0 Å². The van der Waals surface area contributed by atoms with Crippen LogP contribution in [0.25, 0.3) is 11.0 Å². The number of para-hydroxylation sites is 2. The first-order valence-electron chi connectivity index (χ1n) is 7.12. The van der Waals surface area contributed by atoms with Crippen LogP contribution in [-0.2, 0) is 13.2 Å². The van der Waals surface area contributed by atoms with Gasteiger partial charge in [-0.15, -0.1) is 0 Å². The molecule has 21 heavy (non-hydrogen) atoms. The molecule has 108 valence electrons. The van der Waals surface area contributed by atoms with Crippen LogP contribution in [0.5, 0.6) is 0 Å². The molecule has 1 heterocycles. The molecule has 0 saturated heterocycles. The molecule has 0 radical (unpaired) electrons. The Morgan fingerprint density at radius 1 is 1.05 bits per heavy atom. The highest BCUT2D eigenvalue weighted by Gasteiger charge is 2.13. The van der Waals surface area contributed by atoms with Crippen LogP contribution in [0.4, 0.5) is 0 Å². The summed E-state index contributed by atoms with van der Waals surface area (Å²) < 4.78 is 2.32. The topological polar surface area (TPSA) is 22.3 Å². The van der Waals surface area contributed by atoms with E-state index in [4.69, 9.17) is 4.98 Å². The average Bonchev–Trinajstić information content (AvgIpc) is 2.86. The molecule has 0 fully saturated rings. The highest BCUT2D eigenvalue weighted by Crippen LogP contribution is 2.21. The van der Waals surface area contributed by atoms with Gasteiger partial charge in [-0.1, -0.05) is 54.2 Å². The van der Waals surface area contributed by atoms with Crippen molar-refractivity contribution < 1.29 is 4.90 Å². The van der Waals surface area contributed by atoms with Crippen LogP contribution >= 0.6 is 11.8 Å². The fourth-order valence-corrected chi connectivity index (χ4v) is 3.21. The quantitative estimate of drug-likeness (QED) is 0.731. The largest absolute Gasteiger partial charge is 0.316 e. The summed E-state index contributed by atoms with van der Waals surface area (Å²) in [6.45, 7) is 1.94. The Morgan fingerprint density at radius 3 is 2.52 bits per heavy atom. The number of benzene rings is 2. The van der Waals surface area contributed by atoms with E-state index < -0.39 is 0 Å². The van der Waals surface area contributed by atoms with Crippen molar-refractivity contribution in [2.24, 2.45) is 0 Å². The molecule has 0 aliphatic carbocycles. The lowest BCUT2D eigenvalue weighted by Gasteiger charge is -2.16. The molecule has 3 rings (SSSR count). The van der Waals surface area contributed by atoms with Crippen molar-refractivity contribution in [1.82, 2.24) is 9.55 Å². The fraction of sp³-hybridized carbons (Fsp3) is 0.235. The molecular formula is C17H20N3S+. The highest BCUT2D eigenvalue weighted by atomic mass is 32.2. The number of fused-ring (bicyclic) bond motifs is 1. The zero-order valence-corrected chi connectivity index (χ0v) is 13.2.